The molecular weight excluding hydrogens is 378 g/mol. The second-order valence-corrected chi connectivity index (χ2v) is 8.63. The molecule has 1 aliphatic carbocycles. The number of thioether (sulfide) groups is 1. The van der Waals surface area contributed by atoms with E-state index in [1.54, 1.807) is 18.3 Å². The second kappa shape index (κ2) is 7.86. The fourth-order valence-corrected chi connectivity index (χ4v) is 5.21. The SMILES string of the molecule is C/C(=C1/S/C(=N/c2nccs2)N(C2CCCCC2)C1=O)c1ccc(O)cc1. The molecule has 27 heavy (non-hydrogen) atoms. The number of aliphatic imine (C=N–C) groups is 1. The number of rotatable bonds is 3. The van der Waals surface area contributed by atoms with Crippen molar-refractivity contribution in [3.63, 3.8) is 0 Å². The van der Waals surface area contributed by atoms with E-state index in [0.29, 0.717) is 10.0 Å². The van der Waals surface area contributed by atoms with Crippen LogP contribution in [0.1, 0.15) is 44.6 Å². The number of phenolic OH excluding ortho intramolecular Hbond substituents is 1. The molecule has 1 aromatic heterocycles. The van der Waals surface area contributed by atoms with Crippen LogP contribution >= 0.6 is 23.1 Å². The van der Waals surface area contributed by atoms with Gasteiger partial charge in [0.05, 0.1) is 4.91 Å². The van der Waals surface area contributed by atoms with Gasteiger partial charge in [-0.1, -0.05) is 31.4 Å². The number of hydrogen-bond acceptors (Lipinski definition) is 6. The molecule has 2 aromatic rings. The molecule has 5 nitrogen and oxygen atoms in total. The van der Waals surface area contributed by atoms with Gasteiger partial charge in [-0.25, -0.2) is 4.98 Å². The predicted octanol–water partition coefficient (Wildman–Crippen LogP) is 5.18. The molecule has 2 fully saturated rings. The Kier molecular flexibility index (Phi) is 5.31. The monoisotopic (exact) mass is 399 g/mol. The standard InChI is InChI=1S/C20H21N3O2S2/c1-13(14-7-9-16(24)10-8-14)17-18(25)23(15-5-3-2-4-6-15)20(27-17)22-19-21-11-12-26-19/h7-12,15,24H,2-6H2,1H3/b17-13-,22-20+. The maximum atomic E-state index is 13.3. The summed E-state index contributed by atoms with van der Waals surface area (Å²) in [5, 5.41) is 12.8. The van der Waals surface area contributed by atoms with Gasteiger partial charge in [0.1, 0.15) is 5.75 Å². The van der Waals surface area contributed by atoms with Crippen LogP contribution in [0.2, 0.25) is 0 Å². The number of carbonyl (C=O) groups excluding carboxylic acids is 1. The van der Waals surface area contributed by atoms with Crippen LogP contribution < -0.4 is 0 Å². The van der Waals surface area contributed by atoms with E-state index >= 15 is 0 Å². The highest BCUT2D eigenvalue weighted by molar-refractivity contribution is 8.18. The molecule has 1 aromatic carbocycles. The van der Waals surface area contributed by atoms with Crippen molar-refractivity contribution < 1.29 is 9.90 Å². The van der Waals surface area contributed by atoms with E-state index in [-0.39, 0.29) is 17.7 Å². The van der Waals surface area contributed by atoms with Gasteiger partial charge in [0, 0.05) is 17.6 Å². The van der Waals surface area contributed by atoms with E-state index in [2.05, 4.69) is 9.98 Å². The zero-order valence-electron chi connectivity index (χ0n) is 15.1. The summed E-state index contributed by atoms with van der Waals surface area (Å²) >= 11 is 2.91. The van der Waals surface area contributed by atoms with Crippen molar-refractivity contribution in [2.24, 2.45) is 4.99 Å². The molecule has 4 rings (SSSR count). The number of nitrogens with zero attached hydrogens (tertiary/aromatic N) is 3. The number of allylic oxidation sites excluding steroid dienone is 1. The predicted molar refractivity (Wildman–Crippen MR) is 111 cm³/mol. The summed E-state index contributed by atoms with van der Waals surface area (Å²) in [7, 11) is 0. The van der Waals surface area contributed by atoms with Crippen molar-refractivity contribution in [3.05, 3.63) is 46.3 Å². The summed E-state index contributed by atoms with van der Waals surface area (Å²) in [6.07, 6.45) is 7.32. The number of amides is 1. The summed E-state index contributed by atoms with van der Waals surface area (Å²) in [5.74, 6) is 0.254. The summed E-state index contributed by atoms with van der Waals surface area (Å²) in [4.78, 5) is 24.9. The first-order valence-electron chi connectivity index (χ1n) is 9.13. The minimum Gasteiger partial charge on any atom is -0.508 e. The average molecular weight is 400 g/mol. The maximum Gasteiger partial charge on any atom is 0.267 e. The van der Waals surface area contributed by atoms with Crippen LogP contribution in [0, 0.1) is 0 Å². The van der Waals surface area contributed by atoms with Gasteiger partial charge in [0.25, 0.3) is 5.91 Å². The van der Waals surface area contributed by atoms with Gasteiger partial charge >= 0.3 is 0 Å². The van der Waals surface area contributed by atoms with E-state index in [9.17, 15) is 9.90 Å². The third-order valence-electron chi connectivity index (χ3n) is 5.00. The zero-order valence-corrected chi connectivity index (χ0v) is 16.7. The lowest BCUT2D eigenvalue weighted by molar-refractivity contribution is -0.124. The molecule has 1 N–H and O–H groups in total. The van der Waals surface area contributed by atoms with Crippen LogP contribution in [0.25, 0.3) is 5.57 Å². The number of carbonyl (C=O) groups is 1. The first-order chi connectivity index (χ1) is 13.1. The molecule has 0 unspecified atom stereocenters. The third kappa shape index (κ3) is 3.80. The normalized spacial score (nSPS) is 21.9. The molecule has 1 saturated carbocycles. The Labute approximate surface area is 166 Å². The number of benzene rings is 1. The second-order valence-electron chi connectivity index (χ2n) is 6.78. The zero-order chi connectivity index (χ0) is 18.8. The molecule has 1 saturated heterocycles. The molecule has 2 aliphatic rings. The summed E-state index contributed by atoms with van der Waals surface area (Å²) in [6, 6.07) is 7.18. The Morgan fingerprint density at radius 3 is 2.63 bits per heavy atom. The van der Waals surface area contributed by atoms with Crippen molar-refractivity contribution in [2.45, 2.75) is 45.1 Å². The van der Waals surface area contributed by atoms with Crippen molar-refractivity contribution in [3.8, 4) is 5.75 Å². The molecular formula is C20H21N3O2S2. The average Bonchev–Trinajstić information content (AvgIpc) is 3.31. The first-order valence-corrected chi connectivity index (χ1v) is 10.8. The molecule has 7 heteroatoms. The molecule has 2 heterocycles. The van der Waals surface area contributed by atoms with Crippen molar-refractivity contribution in [2.75, 3.05) is 0 Å². The lowest BCUT2D eigenvalue weighted by Gasteiger charge is -2.30. The molecule has 140 valence electrons. The fourth-order valence-electron chi connectivity index (χ4n) is 3.55. The van der Waals surface area contributed by atoms with E-state index in [0.717, 1.165) is 42.0 Å². The largest absolute Gasteiger partial charge is 0.508 e. The number of aromatic hydroxyl groups is 1. The molecule has 0 radical (unpaired) electrons. The van der Waals surface area contributed by atoms with Crippen LogP contribution in [-0.2, 0) is 4.79 Å². The van der Waals surface area contributed by atoms with Crippen LogP contribution in [0.3, 0.4) is 0 Å². The van der Waals surface area contributed by atoms with Crippen molar-refractivity contribution >= 4 is 44.9 Å². The minimum absolute atomic E-state index is 0.0350. The van der Waals surface area contributed by atoms with Gasteiger partial charge < -0.3 is 5.11 Å². The van der Waals surface area contributed by atoms with Crippen LogP contribution in [0.15, 0.2) is 45.7 Å². The van der Waals surface area contributed by atoms with Crippen LogP contribution in [-0.4, -0.2) is 32.1 Å². The Bertz CT molecular complexity index is 882. The Balaban J connectivity index is 1.73. The minimum atomic E-state index is 0.0350. The molecule has 0 atom stereocenters. The number of aromatic nitrogens is 1. The smallest absolute Gasteiger partial charge is 0.267 e. The van der Waals surface area contributed by atoms with Gasteiger partial charge in [-0.3, -0.25) is 9.69 Å². The van der Waals surface area contributed by atoms with E-state index < -0.39 is 0 Å². The van der Waals surface area contributed by atoms with Gasteiger partial charge in [-0.15, -0.1) is 11.3 Å². The molecule has 0 bridgehead atoms. The first kappa shape index (κ1) is 18.3. The number of thiazole rings is 1. The van der Waals surface area contributed by atoms with Crippen molar-refractivity contribution in [1.82, 2.24) is 9.88 Å². The van der Waals surface area contributed by atoms with Gasteiger partial charge in [-0.05, 0) is 54.8 Å². The van der Waals surface area contributed by atoms with E-state index in [1.807, 2.05) is 29.3 Å². The third-order valence-corrected chi connectivity index (χ3v) is 6.82. The van der Waals surface area contributed by atoms with Crippen LogP contribution in [0.5, 0.6) is 5.75 Å². The Hall–Kier alpha value is -2.12. The lowest BCUT2D eigenvalue weighted by atomic mass is 9.94. The van der Waals surface area contributed by atoms with Gasteiger partial charge in [-0.2, -0.15) is 4.99 Å². The number of phenols is 1. The van der Waals surface area contributed by atoms with E-state index in [4.69, 9.17) is 0 Å². The topological polar surface area (TPSA) is 65.8 Å². The Morgan fingerprint density at radius 2 is 1.96 bits per heavy atom. The van der Waals surface area contributed by atoms with E-state index in [1.165, 1.54) is 29.5 Å². The van der Waals surface area contributed by atoms with Crippen molar-refractivity contribution in [1.29, 1.82) is 0 Å². The van der Waals surface area contributed by atoms with Crippen LogP contribution in [0.4, 0.5) is 5.13 Å². The molecule has 0 spiro atoms. The highest BCUT2D eigenvalue weighted by atomic mass is 32.2. The molecule has 1 aliphatic heterocycles. The lowest BCUT2D eigenvalue weighted by Crippen LogP contribution is -2.40. The summed E-state index contributed by atoms with van der Waals surface area (Å²) in [6.45, 7) is 1.96. The summed E-state index contributed by atoms with van der Waals surface area (Å²) < 4.78 is 0. The fraction of sp³-hybridized carbons (Fsp3) is 0.350. The Morgan fingerprint density at radius 1 is 1.22 bits per heavy atom. The quantitative estimate of drug-likeness (QED) is 0.723. The highest BCUT2D eigenvalue weighted by Gasteiger charge is 2.39. The highest BCUT2D eigenvalue weighted by Crippen LogP contribution is 2.41. The number of amidine groups is 1. The number of hydrogen-bond donors (Lipinski definition) is 1. The molecule has 1 amide bonds. The van der Waals surface area contributed by atoms with Gasteiger partial charge in [0.15, 0.2) is 5.17 Å². The maximum absolute atomic E-state index is 13.3. The summed E-state index contributed by atoms with van der Waals surface area (Å²) in [5.41, 5.74) is 1.85. The van der Waals surface area contributed by atoms with Gasteiger partial charge in [0.2, 0.25) is 5.13 Å².